The molecule has 1 aliphatic heterocycles. The van der Waals surface area contributed by atoms with Crippen molar-refractivity contribution in [3.63, 3.8) is 0 Å². The number of nitrogens with zero attached hydrogens (tertiary/aromatic N) is 3. The maximum absolute atomic E-state index is 12.6. The summed E-state index contributed by atoms with van der Waals surface area (Å²) in [5.74, 6) is 0. The van der Waals surface area contributed by atoms with Crippen molar-refractivity contribution in [1.29, 1.82) is 0 Å². The maximum atomic E-state index is 12.6. The Labute approximate surface area is 142 Å². The molecule has 0 aliphatic carbocycles. The monoisotopic (exact) mass is 328 g/mol. The third-order valence-corrected chi connectivity index (χ3v) is 5.09. The number of carbonyl (C=O) groups is 1. The first-order valence-corrected chi connectivity index (χ1v) is 8.43. The number of aliphatic hydroxyl groups excluding tert-OH is 1. The first-order chi connectivity index (χ1) is 11.7. The van der Waals surface area contributed by atoms with Crippen LogP contribution in [0.1, 0.15) is 26.2 Å². The van der Waals surface area contributed by atoms with Crippen molar-refractivity contribution in [3.05, 3.63) is 42.7 Å². The molecular weight excluding hydrogens is 304 g/mol. The molecule has 2 aromatic rings. The zero-order chi connectivity index (χ0) is 17.0. The lowest BCUT2D eigenvalue weighted by Crippen LogP contribution is -2.46. The number of hydrogen-bond donors (Lipinski definition) is 2. The van der Waals surface area contributed by atoms with Crippen molar-refractivity contribution in [1.82, 2.24) is 14.7 Å². The van der Waals surface area contributed by atoms with E-state index >= 15 is 0 Å². The molecule has 0 unspecified atom stereocenters. The van der Waals surface area contributed by atoms with Gasteiger partial charge in [-0.3, -0.25) is 0 Å². The highest BCUT2D eigenvalue weighted by Crippen LogP contribution is 2.34. The summed E-state index contributed by atoms with van der Waals surface area (Å²) in [4.78, 5) is 14.4. The largest absolute Gasteiger partial charge is 0.396 e. The number of urea groups is 1. The fraction of sp³-hybridized carbons (Fsp3) is 0.444. The molecule has 1 fully saturated rings. The quantitative estimate of drug-likeness (QED) is 0.906. The molecular formula is C18H24N4O2. The molecule has 1 aliphatic rings. The minimum atomic E-state index is -0.0998. The summed E-state index contributed by atoms with van der Waals surface area (Å²) in [5, 5.41) is 16.8. The van der Waals surface area contributed by atoms with Crippen LogP contribution in [0, 0.1) is 5.41 Å². The van der Waals surface area contributed by atoms with Gasteiger partial charge in [0.25, 0.3) is 0 Å². The highest BCUT2D eigenvalue weighted by atomic mass is 16.3. The summed E-state index contributed by atoms with van der Waals surface area (Å²) < 4.78 is 1.74. The van der Waals surface area contributed by atoms with Crippen LogP contribution in [0.15, 0.2) is 42.7 Å². The van der Waals surface area contributed by atoms with Crippen LogP contribution in [-0.2, 0) is 0 Å². The van der Waals surface area contributed by atoms with Crippen LogP contribution in [0.4, 0.5) is 10.5 Å². The second-order valence-corrected chi connectivity index (χ2v) is 6.40. The molecule has 2 amide bonds. The summed E-state index contributed by atoms with van der Waals surface area (Å²) >= 11 is 0. The van der Waals surface area contributed by atoms with Crippen molar-refractivity contribution < 1.29 is 9.90 Å². The maximum Gasteiger partial charge on any atom is 0.321 e. The predicted octanol–water partition coefficient (Wildman–Crippen LogP) is 2.89. The second kappa shape index (κ2) is 7.05. The van der Waals surface area contributed by atoms with Crippen molar-refractivity contribution >= 4 is 11.7 Å². The van der Waals surface area contributed by atoms with E-state index in [1.807, 2.05) is 41.4 Å². The number of amides is 2. The summed E-state index contributed by atoms with van der Waals surface area (Å²) in [6.45, 7) is 3.64. The first-order valence-electron chi connectivity index (χ1n) is 8.43. The van der Waals surface area contributed by atoms with Gasteiger partial charge in [0.1, 0.15) is 0 Å². The van der Waals surface area contributed by atoms with E-state index < -0.39 is 0 Å². The number of aromatic nitrogens is 2. The van der Waals surface area contributed by atoms with E-state index in [4.69, 9.17) is 0 Å². The average molecular weight is 328 g/mol. The van der Waals surface area contributed by atoms with Gasteiger partial charge in [0, 0.05) is 32.1 Å². The number of nitrogens with one attached hydrogen (secondary N) is 1. The van der Waals surface area contributed by atoms with E-state index in [0.717, 1.165) is 30.6 Å². The number of anilines is 1. The van der Waals surface area contributed by atoms with Crippen LogP contribution < -0.4 is 5.32 Å². The Morgan fingerprint density at radius 2 is 2.04 bits per heavy atom. The zero-order valence-corrected chi connectivity index (χ0v) is 14.0. The Kier molecular flexibility index (Phi) is 4.85. The molecule has 6 heteroatoms. The van der Waals surface area contributed by atoms with E-state index in [2.05, 4.69) is 17.3 Å². The highest BCUT2D eigenvalue weighted by Gasteiger charge is 2.34. The van der Waals surface area contributed by atoms with Crippen LogP contribution in [-0.4, -0.2) is 45.5 Å². The number of likely N-dealkylation sites (tertiary alicyclic amines) is 1. The number of para-hydroxylation sites is 2. The van der Waals surface area contributed by atoms with Gasteiger partial charge >= 0.3 is 6.03 Å². The zero-order valence-electron chi connectivity index (χ0n) is 14.0. The Balaban J connectivity index is 1.69. The number of aliphatic hydroxyl groups is 1. The molecule has 128 valence electrons. The average Bonchev–Trinajstić information content (AvgIpc) is 3.16. The molecule has 2 heterocycles. The van der Waals surface area contributed by atoms with Gasteiger partial charge in [-0.05, 0) is 42.9 Å². The van der Waals surface area contributed by atoms with Crippen LogP contribution in [0.3, 0.4) is 0 Å². The van der Waals surface area contributed by atoms with Gasteiger partial charge in [-0.15, -0.1) is 0 Å². The Morgan fingerprint density at radius 3 is 2.67 bits per heavy atom. The Hall–Kier alpha value is -2.34. The molecule has 3 rings (SSSR count). The third kappa shape index (κ3) is 3.28. The van der Waals surface area contributed by atoms with E-state index in [9.17, 15) is 9.90 Å². The number of rotatable bonds is 4. The molecule has 24 heavy (non-hydrogen) atoms. The van der Waals surface area contributed by atoms with E-state index in [0.29, 0.717) is 13.1 Å². The summed E-state index contributed by atoms with van der Waals surface area (Å²) in [6, 6.07) is 9.37. The Morgan fingerprint density at radius 1 is 1.29 bits per heavy atom. The van der Waals surface area contributed by atoms with E-state index in [-0.39, 0.29) is 18.1 Å². The summed E-state index contributed by atoms with van der Waals surface area (Å²) in [6.07, 6.45) is 6.19. The number of benzene rings is 1. The lowest BCUT2D eigenvalue weighted by molar-refractivity contribution is 0.0542. The molecule has 2 N–H and O–H groups in total. The summed E-state index contributed by atoms with van der Waals surface area (Å²) in [7, 11) is 0. The number of piperidine rings is 1. The second-order valence-electron chi connectivity index (χ2n) is 6.40. The summed E-state index contributed by atoms with van der Waals surface area (Å²) in [5.41, 5.74) is 1.55. The van der Waals surface area contributed by atoms with Gasteiger partial charge in [-0.1, -0.05) is 19.1 Å². The van der Waals surface area contributed by atoms with Crippen LogP contribution in [0.2, 0.25) is 0 Å². The molecule has 0 saturated carbocycles. The highest BCUT2D eigenvalue weighted by molar-refractivity contribution is 5.91. The minimum absolute atomic E-state index is 0.0241. The lowest BCUT2D eigenvalue weighted by Gasteiger charge is -2.40. The first kappa shape index (κ1) is 16.5. The van der Waals surface area contributed by atoms with Crippen molar-refractivity contribution in [2.24, 2.45) is 5.41 Å². The molecule has 0 atom stereocenters. The minimum Gasteiger partial charge on any atom is -0.396 e. The molecule has 0 radical (unpaired) electrons. The van der Waals surface area contributed by atoms with Gasteiger partial charge in [-0.25, -0.2) is 9.48 Å². The molecule has 0 bridgehead atoms. The van der Waals surface area contributed by atoms with Crippen LogP contribution >= 0.6 is 0 Å². The topological polar surface area (TPSA) is 70.4 Å². The van der Waals surface area contributed by atoms with Crippen molar-refractivity contribution in [2.45, 2.75) is 26.2 Å². The fourth-order valence-electron chi connectivity index (χ4n) is 3.19. The number of hydrogen-bond acceptors (Lipinski definition) is 3. The van der Waals surface area contributed by atoms with Gasteiger partial charge in [-0.2, -0.15) is 5.10 Å². The molecule has 1 saturated heterocycles. The Bertz CT molecular complexity index is 670. The van der Waals surface area contributed by atoms with Gasteiger partial charge < -0.3 is 15.3 Å². The van der Waals surface area contributed by atoms with Crippen LogP contribution in [0.25, 0.3) is 5.69 Å². The van der Waals surface area contributed by atoms with Crippen molar-refractivity contribution in [3.8, 4) is 5.69 Å². The fourth-order valence-corrected chi connectivity index (χ4v) is 3.19. The van der Waals surface area contributed by atoms with Crippen LogP contribution in [0.5, 0.6) is 0 Å². The lowest BCUT2D eigenvalue weighted by atomic mass is 9.77. The molecule has 6 nitrogen and oxygen atoms in total. The SMILES string of the molecule is CCC1(CO)CCN(C(=O)Nc2ccccc2-n2cccn2)CC1. The van der Waals surface area contributed by atoms with Crippen molar-refractivity contribution in [2.75, 3.05) is 25.0 Å². The molecule has 1 aromatic heterocycles. The van der Waals surface area contributed by atoms with Gasteiger partial charge in [0.2, 0.25) is 0 Å². The van der Waals surface area contributed by atoms with E-state index in [1.165, 1.54) is 0 Å². The smallest absolute Gasteiger partial charge is 0.321 e. The predicted molar refractivity (Wildman–Crippen MR) is 93.2 cm³/mol. The standard InChI is InChI=1S/C18H24N4O2/c1-2-18(14-23)8-12-21(13-9-18)17(24)20-15-6-3-4-7-16(15)22-11-5-10-19-22/h3-7,10-11,23H,2,8-9,12-14H2,1H3,(H,20,24). The van der Waals surface area contributed by atoms with Gasteiger partial charge in [0.05, 0.1) is 11.4 Å². The van der Waals surface area contributed by atoms with E-state index in [1.54, 1.807) is 10.9 Å². The molecule has 0 spiro atoms. The number of carbonyl (C=O) groups excluding carboxylic acids is 1. The molecule has 1 aromatic carbocycles. The van der Waals surface area contributed by atoms with Gasteiger partial charge in [0.15, 0.2) is 0 Å². The third-order valence-electron chi connectivity index (χ3n) is 5.09. The normalized spacial score (nSPS) is 16.8.